The van der Waals surface area contributed by atoms with E-state index in [2.05, 4.69) is 9.71 Å². The Kier molecular flexibility index (Phi) is 5.23. The maximum atomic E-state index is 11.9. The van der Waals surface area contributed by atoms with Gasteiger partial charge >= 0.3 is 6.09 Å². The molecule has 0 radical (unpaired) electrons. The van der Waals surface area contributed by atoms with Gasteiger partial charge in [0.1, 0.15) is 23.8 Å². The number of carbonyl (C=O) groups excluding carboxylic acids is 1. The molecule has 0 bridgehead atoms. The van der Waals surface area contributed by atoms with Gasteiger partial charge in [0.2, 0.25) is 0 Å². The standard InChI is InChI=1S/C17H25N3O5S/c1-16(2,3)25-15(21)19-17(4,5)10-24-12-8-6-7-11-9-26(22,23)20-14(18)13(11)12/h6-8H,9-10H2,1-5H3,(H2,18,20)(H,19,21). The van der Waals surface area contributed by atoms with Crippen LogP contribution in [0, 0.1) is 0 Å². The Labute approximate surface area is 153 Å². The number of ether oxygens (including phenoxy) is 2. The van der Waals surface area contributed by atoms with Crippen molar-refractivity contribution in [2.45, 2.75) is 51.5 Å². The number of rotatable bonds is 4. The number of nitrogens with one attached hydrogen (secondary N) is 1. The van der Waals surface area contributed by atoms with Crippen LogP contribution in [0.4, 0.5) is 4.79 Å². The van der Waals surface area contributed by atoms with Gasteiger partial charge in [-0.25, -0.2) is 13.2 Å². The lowest BCUT2D eigenvalue weighted by Crippen LogP contribution is -2.49. The van der Waals surface area contributed by atoms with E-state index in [1.165, 1.54) is 0 Å². The molecule has 0 spiro atoms. The third-order valence-corrected chi connectivity index (χ3v) is 4.52. The third-order valence-electron chi connectivity index (χ3n) is 3.37. The summed E-state index contributed by atoms with van der Waals surface area (Å²) in [6, 6.07) is 5.05. The molecule has 26 heavy (non-hydrogen) atoms. The van der Waals surface area contributed by atoms with Gasteiger partial charge in [-0.3, -0.25) is 0 Å². The van der Waals surface area contributed by atoms with Crippen LogP contribution in [0.3, 0.4) is 0 Å². The topological polar surface area (TPSA) is 120 Å². The summed E-state index contributed by atoms with van der Waals surface area (Å²) in [6.07, 6.45) is -0.548. The first-order valence-electron chi connectivity index (χ1n) is 8.12. The highest BCUT2D eigenvalue weighted by atomic mass is 32.2. The van der Waals surface area contributed by atoms with Gasteiger partial charge in [0, 0.05) is 0 Å². The van der Waals surface area contributed by atoms with Crippen molar-refractivity contribution in [3.63, 3.8) is 0 Å². The average Bonchev–Trinajstić information content (AvgIpc) is 2.40. The first-order chi connectivity index (χ1) is 11.8. The van der Waals surface area contributed by atoms with Crippen molar-refractivity contribution in [2.24, 2.45) is 10.1 Å². The van der Waals surface area contributed by atoms with Crippen LogP contribution in [0.2, 0.25) is 0 Å². The Hall–Kier alpha value is -2.29. The fraction of sp³-hybridized carbons (Fsp3) is 0.529. The minimum atomic E-state index is -3.60. The van der Waals surface area contributed by atoms with Crippen LogP contribution >= 0.6 is 0 Å². The van der Waals surface area contributed by atoms with Gasteiger partial charge in [-0.1, -0.05) is 12.1 Å². The Morgan fingerprint density at radius 3 is 2.54 bits per heavy atom. The second-order valence-electron chi connectivity index (χ2n) is 7.79. The maximum absolute atomic E-state index is 11.9. The Balaban J connectivity index is 2.12. The zero-order valence-corrected chi connectivity index (χ0v) is 16.4. The molecule has 1 aromatic rings. The number of nitrogens with two attached hydrogens (primary N) is 1. The van der Waals surface area contributed by atoms with Crippen molar-refractivity contribution >= 4 is 22.0 Å². The van der Waals surface area contributed by atoms with E-state index >= 15 is 0 Å². The molecule has 0 unspecified atom stereocenters. The van der Waals surface area contributed by atoms with Gasteiger partial charge in [-0.15, -0.1) is 4.40 Å². The number of nitrogens with zero attached hydrogens (tertiary/aromatic N) is 1. The van der Waals surface area contributed by atoms with Gasteiger partial charge in [0.15, 0.2) is 0 Å². The normalized spacial score (nSPS) is 16.3. The van der Waals surface area contributed by atoms with Crippen LogP contribution in [0.25, 0.3) is 0 Å². The smallest absolute Gasteiger partial charge is 0.408 e. The molecule has 0 aromatic heterocycles. The predicted molar refractivity (Wildman–Crippen MR) is 98.7 cm³/mol. The number of fused-ring (bicyclic) bond motifs is 1. The zero-order valence-electron chi connectivity index (χ0n) is 15.6. The highest BCUT2D eigenvalue weighted by molar-refractivity contribution is 7.89. The van der Waals surface area contributed by atoms with Crippen LogP contribution in [0.5, 0.6) is 5.75 Å². The molecule has 9 heteroatoms. The predicted octanol–water partition coefficient (Wildman–Crippen LogP) is 1.92. The van der Waals surface area contributed by atoms with Crippen LogP contribution in [0.15, 0.2) is 22.6 Å². The molecular formula is C17H25N3O5S. The first kappa shape index (κ1) is 20.0. The molecule has 1 aliphatic rings. The van der Waals surface area contributed by atoms with Gasteiger partial charge in [-0.05, 0) is 46.2 Å². The zero-order chi connectivity index (χ0) is 19.8. The quantitative estimate of drug-likeness (QED) is 0.819. The summed E-state index contributed by atoms with van der Waals surface area (Å²) in [7, 11) is -3.60. The van der Waals surface area contributed by atoms with Crippen LogP contribution in [-0.4, -0.2) is 38.1 Å². The summed E-state index contributed by atoms with van der Waals surface area (Å²) in [5.41, 5.74) is 5.49. The van der Waals surface area contributed by atoms with E-state index in [0.29, 0.717) is 16.9 Å². The molecule has 0 aliphatic carbocycles. The van der Waals surface area contributed by atoms with Crippen LogP contribution in [-0.2, 0) is 20.5 Å². The molecule has 0 saturated carbocycles. The monoisotopic (exact) mass is 383 g/mol. The maximum Gasteiger partial charge on any atom is 0.408 e. The fourth-order valence-electron chi connectivity index (χ4n) is 2.41. The molecule has 8 nitrogen and oxygen atoms in total. The number of amides is 1. The SMILES string of the molecule is CC(C)(COc1cccc2c1C(N)=NS(=O)(=O)C2)NC(=O)OC(C)(C)C. The summed E-state index contributed by atoms with van der Waals surface area (Å²) < 4.78 is 38.0. The highest BCUT2D eigenvalue weighted by Crippen LogP contribution is 2.28. The second-order valence-corrected chi connectivity index (χ2v) is 9.43. The summed E-state index contributed by atoms with van der Waals surface area (Å²) in [5, 5.41) is 2.74. The number of hydrogen-bond acceptors (Lipinski definition) is 6. The number of alkyl carbamates (subject to hydrolysis) is 1. The van der Waals surface area contributed by atoms with Crippen molar-refractivity contribution in [1.82, 2.24) is 5.32 Å². The van der Waals surface area contributed by atoms with Crippen molar-refractivity contribution in [1.29, 1.82) is 0 Å². The number of amidine groups is 1. The summed E-state index contributed by atoms with van der Waals surface area (Å²) >= 11 is 0. The lowest BCUT2D eigenvalue weighted by molar-refractivity contribution is 0.0441. The molecule has 0 saturated heterocycles. The van der Waals surface area contributed by atoms with Gasteiger partial charge in [-0.2, -0.15) is 0 Å². The summed E-state index contributed by atoms with van der Waals surface area (Å²) in [4.78, 5) is 11.9. The van der Waals surface area contributed by atoms with E-state index < -0.39 is 27.3 Å². The number of hydrogen-bond donors (Lipinski definition) is 2. The second kappa shape index (κ2) is 6.79. The fourth-order valence-corrected chi connectivity index (χ4v) is 3.50. The van der Waals surface area contributed by atoms with Crippen molar-refractivity contribution in [2.75, 3.05) is 6.61 Å². The molecule has 0 atom stereocenters. The Bertz CT molecular complexity index is 838. The molecule has 144 valence electrons. The van der Waals surface area contributed by atoms with E-state index in [1.807, 2.05) is 0 Å². The molecular weight excluding hydrogens is 358 g/mol. The Morgan fingerprint density at radius 1 is 1.27 bits per heavy atom. The number of benzene rings is 1. The molecule has 0 fully saturated rings. The van der Waals surface area contributed by atoms with E-state index in [9.17, 15) is 13.2 Å². The lowest BCUT2D eigenvalue weighted by atomic mass is 10.1. The van der Waals surface area contributed by atoms with Crippen molar-refractivity contribution in [3.8, 4) is 5.75 Å². The van der Waals surface area contributed by atoms with E-state index in [-0.39, 0.29) is 18.2 Å². The average molecular weight is 383 g/mol. The minimum absolute atomic E-state index is 0.0974. The summed E-state index contributed by atoms with van der Waals surface area (Å²) in [6.45, 7) is 9.04. The molecule has 1 heterocycles. The molecule has 1 aromatic carbocycles. The number of carbonyl (C=O) groups is 1. The van der Waals surface area contributed by atoms with Crippen LogP contribution < -0.4 is 15.8 Å². The molecule has 2 rings (SSSR count). The molecule has 3 N–H and O–H groups in total. The highest BCUT2D eigenvalue weighted by Gasteiger charge is 2.28. The number of sulfonamides is 1. The van der Waals surface area contributed by atoms with E-state index in [1.54, 1.807) is 52.8 Å². The largest absolute Gasteiger partial charge is 0.490 e. The molecule has 1 aliphatic heterocycles. The van der Waals surface area contributed by atoms with Crippen molar-refractivity contribution in [3.05, 3.63) is 29.3 Å². The van der Waals surface area contributed by atoms with Crippen molar-refractivity contribution < 1.29 is 22.7 Å². The summed E-state index contributed by atoms with van der Waals surface area (Å²) in [5.74, 6) is 0.0947. The Morgan fingerprint density at radius 2 is 1.92 bits per heavy atom. The van der Waals surface area contributed by atoms with E-state index in [4.69, 9.17) is 15.2 Å². The minimum Gasteiger partial charge on any atom is -0.490 e. The van der Waals surface area contributed by atoms with Crippen LogP contribution in [0.1, 0.15) is 45.7 Å². The lowest BCUT2D eigenvalue weighted by Gasteiger charge is -2.29. The van der Waals surface area contributed by atoms with E-state index in [0.717, 1.165) is 0 Å². The molecule has 1 amide bonds. The van der Waals surface area contributed by atoms with Gasteiger partial charge in [0.05, 0.1) is 16.9 Å². The third kappa shape index (κ3) is 5.35. The van der Waals surface area contributed by atoms with Gasteiger partial charge in [0.25, 0.3) is 10.0 Å². The van der Waals surface area contributed by atoms with Gasteiger partial charge < -0.3 is 20.5 Å². The first-order valence-corrected chi connectivity index (χ1v) is 9.73.